The highest BCUT2D eigenvalue weighted by Crippen LogP contribution is 2.24. The van der Waals surface area contributed by atoms with E-state index in [9.17, 15) is 19.8 Å². The topological polar surface area (TPSA) is 117 Å². The van der Waals surface area contributed by atoms with Crippen LogP contribution in [0.3, 0.4) is 0 Å². The first kappa shape index (κ1) is 18.1. The maximum atomic E-state index is 12.6. The Morgan fingerprint density at radius 1 is 1.15 bits per heavy atom. The van der Waals surface area contributed by atoms with Gasteiger partial charge in [0.2, 0.25) is 0 Å². The molecule has 0 aliphatic rings. The molecule has 0 saturated carbocycles. The van der Waals surface area contributed by atoms with Crippen LogP contribution in [0.4, 0.5) is 0 Å². The highest BCUT2D eigenvalue weighted by molar-refractivity contribution is 6.05. The van der Waals surface area contributed by atoms with Crippen LogP contribution in [0.1, 0.15) is 35.9 Å². The van der Waals surface area contributed by atoms with Crippen molar-refractivity contribution >= 4 is 22.9 Å². The summed E-state index contributed by atoms with van der Waals surface area (Å²) in [4.78, 5) is 25.1. The Hall–Kier alpha value is -3.68. The van der Waals surface area contributed by atoms with Crippen molar-refractivity contribution in [1.29, 1.82) is 0 Å². The van der Waals surface area contributed by atoms with Crippen molar-refractivity contribution in [2.75, 3.05) is 0 Å². The molecule has 0 saturated heterocycles. The molecule has 0 atom stereocenters. The Labute approximate surface area is 154 Å². The molecule has 1 heterocycles. The van der Waals surface area contributed by atoms with Crippen molar-refractivity contribution in [1.82, 2.24) is 15.2 Å². The summed E-state index contributed by atoms with van der Waals surface area (Å²) in [6.07, 6.45) is 1.32. The molecule has 3 rings (SSSR count). The first-order valence-electron chi connectivity index (χ1n) is 8.25. The third-order valence-electron chi connectivity index (χ3n) is 3.91. The second-order valence-electron chi connectivity index (χ2n) is 6.18. The summed E-state index contributed by atoms with van der Waals surface area (Å²) in [6.45, 7) is 3.61. The van der Waals surface area contributed by atoms with Gasteiger partial charge in [-0.3, -0.25) is 9.59 Å². The first-order valence-corrected chi connectivity index (χ1v) is 8.25. The number of phenols is 2. The smallest absolute Gasteiger partial charge is 0.292 e. The molecule has 0 unspecified atom stereocenters. The second-order valence-corrected chi connectivity index (χ2v) is 6.18. The minimum absolute atomic E-state index is 0.0876. The number of carbonyl (C=O) groups excluding carboxylic acids is 1. The number of hydrogen-bond acceptors (Lipinski definition) is 6. The van der Waals surface area contributed by atoms with Crippen LogP contribution in [-0.4, -0.2) is 32.1 Å². The van der Waals surface area contributed by atoms with Gasteiger partial charge in [-0.05, 0) is 43.7 Å². The zero-order chi connectivity index (χ0) is 19.6. The van der Waals surface area contributed by atoms with Crippen LogP contribution in [0.5, 0.6) is 11.5 Å². The molecule has 0 radical (unpaired) electrons. The summed E-state index contributed by atoms with van der Waals surface area (Å²) in [5.74, 6) is -1.11. The number of carbonyl (C=O) groups is 1. The van der Waals surface area contributed by atoms with E-state index in [0.717, 1.165) is 0 Å². The lowest BCUT2D eigenvalue weighted by atomic mass is 10.1. The number of fused-ring (bicyclic) bond motifs is 1. The third-order valence-corrected chi connectivity index (χ3v) is 3.91. The van der Waals surface area contributed by atoms with Gasteiger partial charge in [0.05, 0.1) is 17.6 Å². The normalized spacial score (nSPS) is 11.4. The van der Waals surface area contributed by atoms with Crippen LogP contribution in [-0.2, 0) is 0 Å². The molecule has 3 aromatic rings. The number of hydrogen-bond donors (Lipinski definition) is 3. The van der Waals surface area contributed by atoms with Crippen LogP contribution in [0.25, 0.3) is 10.8 Å². The summed E-state index contributed by atoms with van der Waals surface area (Å²) in [7, 11) is 0. The predicted octanol–water partition coefficient (Wildman–Crippen LogP) is 2.15. The molecule has 27 heavy (non-hydrogen) atoms. The van der Waals surface area contributed by atoms with E-state index in [-0.39, 0.29) is 28.8 Å². The van der Waals surface area contributed by atoms with Crippen molar-refractivity contribution in [3.05, 3.63) is 64.1 Å². The highest BCUT2D eigenvalue weighted by atomic mass is 16.3. The number of rotatable bonds is 4. The minimum Gasteiger partial charge on any atom is -0.504 e. The lowest BCUT2D eigenvalue weighted by molar-refractivity contribution is 0.0949. The molecule has 8 nitrogen and oxygen atoms in total. The van der Waals surface area contributed by atoms with Gasteiger partial charge >= 0.3 is 0 Å². The molecular weight excluding hydrogens is 348 g/mol. The average Bonchev–Trinajstić information content (AvgIpc) is 2.64. The zero-order valence-electron chi connectivity index (χ0n) is 14.7. The summed E-state index contributed by atoms with van der Waals surface area (Å²) in [5.41, 5.74) is 2.67. The number of benzene rings is 2. The van der Waals surface area contributed by atoms with Gasteiger partial charge < -0.3 is 10.2 Å². The molecule has 0 aliphatic heterocycles. The maximum absolute atomic E-state index is 12.6. The van der Waals surface area contributed by atoms with E-state index in [1.165, 1.54) is 29.1 Å². The zero-order valence-corrected chi connectivity index (χ0v) is 14.7. The van der Waals surface area contributed by atoms with Crippen molar-refractivity contribution in [3.8, 4) is 11.5 Å². The molecule has 8 heteroatoms. The monoisotopic (exact) mass is 366 g/mol. The van der Waals surface area contributed by atoms with Gasteiger partial charge in [0.15, 0.2) is 17.2 Å². The average molecular weight is 366 g/mol. The van der Waals surface area contributed by atoms with E-state index in [1.807, 2.05) is 0 Å². The van der Waals surface area contributed by atoms with E-state index in [0.29, 0.717) is 16.3 Å². The highest BCUT2D eigenvalue weighted by Gasteiger charge is 2.17. The first-order chi connectivity index (χ1) is 12.9. The SMILES string of the molecule is CC(C)n1nc(C(=O)N/N=C/c2ccc(O)c(O)c2)c2ccccc2c1=O. The van der Waals surface area contributed by atoms with Crippen molar-refractivity contribution in [3.63, 3.8) is 0 Å². The number of aromatic hydroxyl groups is 2. The fourth-order valence-corrected chi connectivity index (χ4v) is 2.56. The Bertz CT molecular complexity index is 1100. The predicted molar refractivity (Wildman–Crippen MR) is 101 cm³/mol. The van der Waals surface area contributed by atoms with Crippen LogP contribution >= 0.6 is 0 Å². The number of aromatic nitrogens is 2. The largest absolute Gasteiger partial charge is 0.504 e. The third kappa shape index (κ3) is 3.64. The maximum Gasteiger partial charge on any atom is 0.292 e. The van der Waals surface area contributed by atoms with Gasteiger partial charge in [-0.2, -0.15) is 10.2 Å². The Kier molecular flexibility index (Phi) is 4.89. The molecule has 0 bridgehead atoms. The molecule has 0 fully saturated rings. The fraction of sp³-hybridized carbons (Fsp3) is 0.158. The lowest BCUT2D eigenvalue weighted by Gasteiger charge is -2.12. The van der Waals surface area contributed by atoms with Gasteiger partial charge in [0.1, 0.15) is 0 Å². The Balaban J connectivity index is 1.93. The number of amides is 1. The molecule has 1 amide bonds. The summed E-state index contributed by atoms with van der Waals surface area (Å²) in [6, 6.07) is 10.7. The van der Waals surface area contributed by atoms with Gasteiger partial charge in [-0.1, -0.05) is 18.2 Å². The molecule has 1 aromatic heterocycles. The van der Waals surface area contributed by atoms with Crippen molar-refractivity contribution in [2.24, 2.45) is 5.10 Å². The van der Waals surface area contributed by atoms with E-state index >= 15 is 0 Å². The standard InChI is InChI=1S/C19H18N4O4/c1-11(2)23-19(27)14-6-4-3-5-13(14)17(22-23)18(26)21-20-10-12-7-8-15(24)16(25)9-12/h3-11,24-25H,1-2H3,(H,21,26)/b20-10+. The van der Waals surface area contributed by atoms with Crippen LogP contribution in [0, 0.1) is 0 Å². The van der Waals surface area contributed by atoms with E-state index in [1.54, 1.807) is 38.1 Å². The van der Waals surface area contributed by atoms with E-state index in [4.69, 9.17) is 0 Å². The van der Waals surface area contributed by atoms with Crippen LogP contribution in [0.15, 0.2) is 52.4 Å². The summed E-state index contributed by atoms with van der Waals surface area (Å²) >= 11 is 0. The lowest BCUT2D eigenvalue weighted by Crippen LogP contribution is -2.30. The molecule has 2 aromatic carbocycles. The van der Waals surface area contributed by atoms with Gasteiger partial charge in [-0.15, -0.1) is 0 Å². The molecular formula is C19H18N4O4. The number of hydrazone groups is 1. The molecule has 3 N–H and O–H groups in total. The summed E-state index contributed by atoms with van der Waals surface area (Å²) < 4.78 is 1.26. The Morgan fingerprint density at radius 3 is 2.52 bits per heavy atom. The minimum atomic E-state index is -0.570. The molecule has 138 valence electrons. The Morgan fingerprint density at radius 2 is 1.85 bits per heavy atom. The molecule has 0 spiro atoms. The fourth-order valence-electron chi connectivity index (χ4n) is 2.56. The van der Waals surface area contributed by atoms with Crippen molar-refractivity contribution in [2.45, 2.75) is 19.9 Å². The number of nitrogens with zero attached hydrogens (tertiary/aromatic N) is 3. The number of phenolic OH excluding ortho intramolecular Hbond substituents is 2. The quantitative estimate of drug-likeness (QED) is 0.372. The van der Waals surface area contributed by atoms with Crippen LogP contribution < -0.4 is 11.0 Å². The second kappa shape index (κ2) is 7.28. The van der Waals surface area contributed by atoms with Gasteiger partial charge in [0, 0.05) is 5.39 Å². The molecule has 0 aliphatic carbocycles. The van der Waals surface area contributed by atoms with E-state index in [2.05, 4.69) is 15.6 Å². The number of nitrogens with one attached hydrogen (secondary N) is 1. The summed E-state index contributed by atoms with van der Waals surface area (Å²) in [5, 5.41) is 27.7. The van der Waals surface area contributed by atoms with E-state index < -0.39 is 5.91 Å². The van der Waals surface area contributed by atoms with Crippen molar-refractivity contribution < 1.29 is 15.0 Å². The van der Waals surface area contributed by atoms with Gasteiger partial charge in [0.25, 0.3) is 11.5 Å². The van der Waals surface area contributed by atoms with Crippen LogP contribution in [0.2, 0.25) is 0 Å². The van der Waals surface area contributed by atoms with Gasteiger partial charge in [-0.25, -0.2) is 10.1 Å².